The molecule has 0 aromatic carbocycles. The van der Waals surface area contributed by atoms with Crippen molar-refractivity contribution in [3.05, 3.63) is 23.7 Å². The lowest BCUT2D eigenvalue weighted by Crippen LogP contribution is -2.43. The number of hydrogen-bond donors (Lipinski definition) is 2. The number of hydrogen-bond acceptors (Lipinski definition) is 3. The average molecular weight is 250 g/mol. The highest BCUT2D eigenvalue weighted by molar-refractivity contribution is 5.83. The second-order valence-electron chi connectivity index (χ2n) is 5.20. The molecule has 1 aliphatic heterocycles. The molecular formula is C14H22N2O2. The Kier molecular flexibility index (Phi) is 3.76. The summed E-state index contributed by atoms with van der Waals surface area (Å²) in [6.07, 6.45) is 1.79. The molecule has 1 aliphatic rings. The van der Waals surface area contributed by atoms with Gasteiger partial charge in [-0.25, -0.2) is 0 Å². The van der Waals surface area contributed by atoms with Gasteiger partial charge in [0.1, 0.15) is 11.5 Å². The van der Waals surface area contributed by atoms with E-state index in [0.717, 1.165) is 37.5 Å². The first-order valence-electron chi connectivity index (χ1n) is 6.65. The molecule has 100 valence electrons. The smallest absolute Gasteiger partial charge is 0.228 e. The summed E-state index contributed by atoms with van der Waals surface area (Å²) in [6.45, 7) is 7.65. The number of furan rings is 1. The maximum absolute atomic E-state index is 12.4. The Morgan fingerprint density at radius 3 is 2.89 bits per heavy atom. The van der Waals surface area contributed by atoms with E-state index in [1.165, 1.54) is 0 Å². The van der Waals surface area contributed by atoms with E-state index in [0.29, 0.717) is 0 Å². The van der Waals surface area contributed by atoms with Crippen molar-refractivity contribution in [3.63, 3.8) is 0 Å². The van der Waals surface area contributed by atoms with Gasteiger partial charge in [-0.3, -0.25) is 4.79 Å². The standard InChI is InChI=1S/C14H22N2O2/c1-4-14(7-8-15-9-14)13(17)16-11(3)12-6-5-10(2)18-12/h5-6,11,15H,4,7-9H2,1-3H3,(H,16,17). The normalized spacial score (nSPS) is 25.1. The molecule has 1 fully saturated rings. The number of rotatable bonds is 4. The van der Waals surface area contributed by atoms with Crippen LogP contribution in [0.15, 0.2) is 16.5 Å². The Balaban J connectivity index is 2.02. The van der Waals surface area contributed by atoms with Crippen molar-refractivity contribution in [1.29, 1.82) is 0 Å². The third-order valence-corrected chi connectivity index (χ3v) is 3.94. The third kappa shape index (κ3) is 2.43. The fourth-order valence-electron chi connectivity index (χ4n) is 2.51. The maximum atomic E-state index is 12.4. The molecule has 2 heterocycles. The minimum absolute atomic E-state index is 0.0739. The molecule has 0 bridgehead atoms. The molecule has 0 aliphatic carbocycles. The highest BCUT2D eigenvalue weighted by Gasteiger charge is 2.40. The van der Waals surface area contributed by atoms with Gasteiger partial charge in [-0.2, -0.15) is 0 Å². The van der Waals surface area contributed by atoms with Gasteiger partial charge in [0, 0.05) is 6.54 Å². The van der Waals surface area contributed by atoms with Gasteiger partial charge in [0.2, 0.25) is 5.91 Å². The highest BCUT2D eigenvalue weighted by atomic mass is 16.3. The van der Waals surface area contributed by atoms with Crippen LogP contribution in [0.5, 0.6) is 0 Å². The van der Waals surface area contributed by atoms with Crippen molar-refractivity contribution in [2.45, 2.75) is 39.7 Å². The number of amides is 1. The van der Waals surface area contributed by atoms with E-state index in [1.54, 1.807) is 0 Å². The molecule has 4 heteroatoms. The fourth-order valence-corrected chi connectivity index (χ4v) is 2.51. The molecule has 0 saturated carbocycles. The zero-order valence-electron chi connectivity index (χ0n) is 11.4. The lowest BCUT2D eigenvalue weighted by Gasteiger charge is -2.27. The minimum atomic E-state index is -0.240. The van der Waals surface area contributed by atoms with E-state index in [2.05, 4.69) is 17.6 Å². The van der Waals surface area contributed by atoms with E-state index in [9.17, 15) is 4.79 Å². The van der Waals surface area contributed by atoms with Crippen LogP contribution in [0, 0.1) is 12.3 Å². The Labute approximate surface area is 108 Å². The first-order chi connectivity index (χ1) is 8.57. The van der Waals surface area contributed by atoms with Gasteiger partial charge >= 0.3 is 0 Å². The van der Waals surface area contributed by atoms with Gasteiger partial charge in [0.05, 0.1) is 11.5 Å². The quantitative estimate of drug-likeness (QED) is 0.861. The summed E-state index contributed by atoms with van der Waals surface area (Å²) in [5.74, 6) is 1.83. The molecule has 1 aromatic heterocycles. The van der Waals surface area contributed by atoms with Crippen LogP contribution in [0.1, 0.15) is 44.3 Å². The van der Waals surface area contributed by atoms with Crippen molar-refractivity contribution in [1.82, 2.24) is 10.6 Å². The second kappa shape index (κ2) is 5.14. The number of aryl methyl sites for hydroxylation is 1. The first-order valence-corrected chi connectivity index (χ1v) is 6.65. The summed E-state index contributed by atoms with van der Waals surface area (Å²) in [4.78, 5) is 12.4. The van der Waals surface area contributed by atoms with Gasteiger partial charge in [-0.05, 0) is 45.4 Å². The first kappa shape index (κ1) is 13.1. The zero-order chi connectivity index (χ0) is 13.2. The van der Waals surface area contributed by atoms with Crippen molar-refractivity contribution >= 4 is 5.91 Å². The maximum Gasteiger partial charge on any atom is 0.228 e. The van der Waals surface area contributed by atoms with Crippen LogP contribution in [-0.4, -0.2) is 19.0 Å². The molecule has 0 radical (unpaired) electrons. The van der Waals surface area contributed by atoms with E-state index in [1.807, 2.05) is 26.0 Å². The molecule has 1 amide bonds. The summed E-state index contributed by atoms with van der Waals surface area (Å²) in [5.41, 5.74) is -0.240. The molecule has 2 rings (SSSR count). The fraction of sp³-hybridized carbons (Fsp3) is 0.643. The molecule has 2 unspecified atom stereocenters. The summed E-state index contributed by atoms with van der Waals surface area (Å²) in [7, 11) is 0. The molecule has 18 heavy (non-hydrogen) atoms. The SMILES string of the molecule is CCC1(C(=O)NC(C)c2ccc(C)o2)CCNC1. The van der Waals surface area contributed by atoms with Crippen LogP contribution in [-0.2, 0) is 4.79 Å². The molecule has 2 atom stereocenters. The van der Waals surface area contributed by atoms with Crippen LogP contribution < -0.4 is 10.6 Å². The van der Waals surface area contributed by atoms with Crippen LogP contribution in [0.3, 0.4) is 0 Å². The lowest BCUT2D eigenvalue weighted by molar-refractivity contribution is -0.131. The lowest BCUT2D eigenvalue weighted by atomic mass is 9.83. The minimum Gasteiger partial charge on any atom is -0.464 e. The summed E-state index contributed by atoms with van der Waals surface area (Å²) in [6, 6.07) is 3.77. The number of carbonyl (C=O) groups is 1. The largest absolute Gasteiger partial charge is 0.464 e. The monoisotopic (exact) mass is 250 g/mol. The van der Waals surface area contributed by atoms with Gasteiger partial charge in [-0.1, -0.05) is 6.92 Å². The van der Waals surface area contributed by atoms with Crippen molar-refractivity contribution < 1.29 is 9.21 Å². The predicted octanol–water partition coefficient (Wildman–Crippen LogP) is 2.15. The van der Waals surface area contributed by atoms with Crippen LogP contribution in [0.2, 0.25) is 0 Å². The zero-order valence-corrected chi connectivity index (χ0v) is 11.4. The summed E-state index contributed by atoms with van der Waals surface area (Å²) >= 11 is 0. The predicted molar refractivity (Wildman–Crippen MR) is 70.2 cm³/mol. The topological polar surface area (TPSA) is 54.3 Å². The van der Waals surface area contributed by atoms with Gasteiger partial charge in [0.25, 0.3) is 0 Å². The van der Waals surface area contributed by atoms with Gasteiger partial charge in [0.15, 0.2) is 0 Å². The van der Waals surface area contributed by atoms with Crippen molar-refractivity contribution in [2.24, 2.45) is 5.41 Å². The summed E-state index contributed by atoms with van der Waals surface area (Å²) < 4.78 is 5.55. The number of carbonyl (C=O) groups excluding carboxylic acids is 1. The summed E-state index contributed by atoms with van der Waals surface area (Å²) in [5, 5.41) is 6.35. The molecule has 0 spiro atoms. The molecule has 2 N–H and O–H groups in total. The van der Waals surface area contributed by atoms with Crippen molar-refractivity contribution in [2.75, 3.05) is 13.1 Å². The van der Waals surface area contributed by atoms with Crippen LogP contribution in [0.4, 0.5) is 0 Å². The molecular weight excluding hydrogens is 228 g/mol. The Morgan fingerprint density at radius 1 is 1.61 bits per heavy atom. The highest BCUT2D eigenvalue weighted by Crippen LogP contribution is 2.30. The molecule has 1 saturated heterocycles. The van der Waals surface area contributed by atoms with E-state index >= 15 is 0 Å². The van der Waals surface area contributed by atoms with Gasteiger partial charge in [-0.15, -0.1) is 0 Å². The van der Waals surface area contributed by atoms with Crippen LogP contribution >= 0.6 is 0 Å². The molecule has 4 nitrogen and oxygen atoms in total. The van der Waals surface area contributed by atoms with E-state index in [-0.39, 0.29) is 17.4 Å². The average Bonchev–Trinajstić information content (AvgIpc) is 2.97. The molecule has 1 aromatic rings. The Hall–Kier alpha value is -1.29. The van der Waals surface area contributed by atoms with Crippen LogP contribution in [0.25, 0.3) is 0 Å². The van der Waals surface area contributed by atoms with Gasteiger partial charge < -0.3 is 15.1 Å². The van der Waals surface area contributed by atoms with E-state index in [4.69, 9.17) is 4.42 Å². The number of nitrogens with one attached hydrogen (secondary N) is 2. The van der Waals surface area contributed by atoms with Crippen molar-refractivity contribution in [3.8, 4) is 0 Å². The van der Waals surface area contributed by atoms with E-state index < -0.39 is 0 Å². The Morgan fingerprint density at radius 2 is 2.39 bits per heavy atom. The second-order valence-corrected chi connectivity index (χ2v) is 5.20. The Bertz CT molecular complexity index is 419. The third-order valence-electron chi connectivity index (χ3n) is 3.94.